The van der Waals surface area contributed by atoms with Crippen molar-refractivity contribution in [3.63, 3.8) is 0 Å². The van der Waals surface area contributed by atoms with Crippen LogP contribution in [-0.2, 0) is 6.54 Å². The highest BCUT2D eigenvalue weighted by Crippen LogP contribution is 2.11. The van der Waals surface area contributed by atoms with Crippen LogP contribution in [-0.4, -0.2) is 29.0 Å². The van der Waals surface area contributed by atoms with Crippen LogP contribution in [0.5, 0.6) is 0 Å². The fourth-order valence-electron chi connectivity index (χ4n) is 1.53. The van der Waals surface area contributed by atoms with E-state index >= 15 is 0 Å². The van der Waals surface area contributed by atoms with Gasteiger partial charge in [0.25, 0.3) is 0 Å². The van der Waals surface area contributed by atoms with E-state index in [9.17, 15) is 0 Å². The summed E-state index contributed by atoms with van der Waals surface area (Å²) in [6.07, 6.45) is 0.567. The predicted octanol–water partition coefficient (Wildman–Crippen LogP) is 2.25. The van der Waals surface area contributed by atoms with Crippen LogP contribution >= 0.6 is 22.6 Å². The van der Waals surface area contributed by atoms with Crippen LogP contribution in [0.4, 0.5) is 0 Å². The van der Waals surface area contributed by atoms with Crippen molar-refractivity contribution < 1.29 is 5.21 Å². The number of nitrogens with zero attached hydrogens (tertiary/aromatic N) is 2. The quantitative estimate of drug-likeness (QED) is 0.282. The van der Waals surface area contributed by atoms with E-state index in [1.54, 1.807) is 0 Å². The average Bonchev–Trinajstić information content (AvgIpc) is 2.31. The lowest BCUT2D eigenvalue weighted by atomic mass is 10.1. The zero-order valence-corrected chi connectivity index (χ0v) is 12.3. The minimum Gasteiger partial charge on any atom is -0.409 e. The highest BCUT2D eigenvalue weighted by atomic mass is 127. The van der Waals surface area contributed by atoms with E-state index in [-0.39, 0.29) is 11.9 Å². The molecule has 17 heavy (non-hydrogen) atoms. The normalized spacial score (nSPS) is 14.0. The lowest BCUT2D eigenvalue weighted by Crippen LogP contribution is -2.32. The van der Waals surface area contributed by atoms with Crippen molar-refractivity contribution in [3.8, 4) is 0 Å². The van der Waals surface area contributed by atoms with Crippen LogP contribution in [0.15, 0.2) is 29.4 Å². The SMILES string of the molecule is CC(CC(N)=NO)N(C)Cc1ccc(I)cc1. The molecule has 1 aromatic rings. The molecule has 4 nitrogen and oxygen atoms in total. The molecule has 0 radical (unpaired) electrons. The van der Waals surface area contributed by atoms with Crippen LogP contribution in [0.3, 0.4) is 0 Å². The summed E-state index contributed by atoms with van der Waals surface area (Å²) in [5, 5.41) is 11.5. The van der Waals surface area contributed by atoms with Gasteiger partial charge in [-0.25, -0.2) is 0 Å². The Hall–Kier alpha value is -0.820. The van der Waals surface area contributed by atoms with Gasteiger partial charge < -0.3 is 10.9 Å². The molecule has 0 bridgehead atoms. The fraction of sp³-hybridized carbons (Fsp3) is 0.417. The maximum atomic E-state index is 8.53. The van der Waals surface area contributed by atoms with E-state index in [0.717, 1.165) is 6.54 Å². The molecule has 0 amide bonds. The van der Waals surface area contributed by atoms with E-state index in [4.69, 9.17) is 10.9 Å². The molecule has 0 aromatic heterocycles. The van der Waals surface area contributed by atoms with Gasteiger partial charge in [0.2, 0.25) is 0 Å². The van der Waals surface area contributed by atoms with Gasteiger partial charge in [0.1, 0.15) is 5.84 Å². The van der Waals surface area contributed by atoms with E-state index < -0.39 is 0 Å². The summed E-state index contributed by atoms with van der Waals surface area (Å²) in [5.74, 6) is 0.270. The molecule has 3 N–H and O–H groups in total. The maximum absolute atomic E-state index is 8.53. The molecule has 0 heterocycles. The van der Waals surface area contributed by atoms with E-state index in [1.165, 1.54) is 9.13 Å². The molecule has 0 aliphatic rings. The van der Waals surface area contributed by atoms with Crippen LogP contribution in [0.1, 0.15) is 18.9 Å². The monoisotopic (exact) mass is 347 g/mol. The fourth-order valence-corrected chi connectivity index (χ4v) is 1.89. The molecule has 5 heteroatoms. The molecule has 0 aliphatic carbocycles. The molecule has 94 valence electrons. The largest absolute Gasteiger partial charge is 0.409 e. The van der Waals surface area contributed by atoms with Crippen molar-refractivity contribution in [2.45, 2.75) is 25.9 Å². The lowest BCUT2D eigenvalue weighted by molar-refractivity contribution is 0.251. The second-order valence-electron chi connectivity index (χ2n) is 4.19. The Morgan fingerprint density at radius 2 is 2.06 bits per heavy atom. The van der Waals surface area contributed by atoms with E-state index in [0.29, 0.717) is 6.42 Å². The highest BCUT2D eigenvalue weighted by molar-refractivity contribution is 14.1. The third-order valence-corrected chi connectivity index (χ3v) is 3.45. The molecule has 0 fully saturated rings. The number of benzene rings is 1. The van der Waals surface area contributed by atoms with Crippen LogP contribution in [0.2, 0.25) is 0 Å². The third kappa shape index (κ3) is 4.91. The second kappa shape index (κ2) is 6.80. The standard InChI is InChI=1S/C12H18IN3O/c1-9(7-12(14)15-17)16(2)8-10-3-5-11(13)6-4-10/h3-6,9,17H,7-8H2,1-2H3,(H2,14,15). The summed E-state index contributed by atoms with van der Waals surface area (Å²) in [5.41, 5.74) is 6.76. The smallest absolute Gasteiger partial charge is 0.140 e. The first-order valence-corrected chi connectivity index (χ1v) is 6.52. The van der Waals surface area contributed by atoms with E-state index in [1.807, 2.05) is 7.05 Å². The van der Waals surface area contributed by atoms with Gasteiger partial charge in [-0.1, -0.05) is 17.3 Å². The third-order valence-electron chi connectivity index (χ3n) is 2.73. The van der Waals surface area contributed by atoms with Crippen molar-refractivity contribution in [1.82, 2.24) is 4.90 Å². The highest BCUT2D eigenvalue weighted by Gasteiger charge is 2.11. The maximum Gasteiger partial charge on any atom is 0.140 e. The van der Waals surface area contributed by atoms with Crippen molar-refractivity contribution in [2.75, 3.05) is 7.05 Å². The Kier molecular flexibility index (Phi) is 5.70. The molecular formula is C12H18IN3O. The molecule has 1 unspecified atom stereocenters. The van der Waals surface area contributed by atoms with Crippen molar-refractivity contribution in [3.05, 3.63) is 33.4 Å². The first-order chi connectivity index (χ1) is 8.02. The first kappa shape index (κ1) is 14.2. The zero-order chi connectivity index (χ0) is 12.8. The van der Waals surface area contributed by atoms with Crippen molar-refractivity contribution >= 4 is 28.4 Å². The van der Waals surface area contributed by atoms with Gasteiger partial charge in [0.15, 0.2) is 0 Å². The number of oxime groups is 1. The number of rotatable bonds is 5. The Labute approximate surface area is 116 Å². The molecule has 1 aromatic carbocycles. The van der Waals surface area contributed by atoms with E-state index in [2.05, 4.69) is 63.8 Å². The molecule has 1 atom stereocenters. The molecule has 0 spiro atoms. The number of nitrogens with two attached hydrogens (primary N) is 1. The van der Waals surface area contributed by atoms with Gasteiger partial charge >= 0.3 is 0 Å². The topological polar surface area (TPSA) is 61.9 Å². The van der Waals surface area contributed by atoms with Crippen LogP contribution in [0.25, 0.3) is 0 Å². The summed E-state index contributed by atoms with van der Waals surface area (Å²) >= 11 is 2.29. The second-order valence-corrected chi connectivity index (χ2v) is 5.43. The van der Waals surface area contributed by atoms with Gasteiger partial charge in [-0.15, -0.1) is 0 Å². The molecule has 1 rings (SSSR count). The minimum atomic E-state index is 0.241. The zero-order valence-electron chi connectivity index (χ0n) is 10.1. The first-order valence-electron chi connectivity index (χ1n) is 5.44. The minimum absolute atomic E-state index is 0.241. The van der Waals surface area contributed by atoms with Crippen molar-refractivity contribution in [1.29, 1.82) is 0 Å². The Bertz CT molecular complexity index is 378. The van der Waals surface area contributed by atoms with Crippen molar-refractivity contribution in [2.24, 2.45) is 10.9 Å². The van der Waals surface area contributed by atoms with Gasteiger partial charge in [-0.3, -0.25) is 4.90 Å². The summed E-state index contributed by atoms with van der Waals surface area (Å²) in [7, 11) is 2.04. The van der Waals surface area contributed by atoms with Gasteiger partial charge in [0, 0.05) is 22.6 Å². The summed E-state index contributed by atoms with van der Waals surface area (Å²) in [6, 6.07) is 8.67. The van der Waals surface area contributed by atoms with Gasteiger partial charge in [-0.2, -0.15) is 0 Å². The molecule has 0 saturated carbocycles. The summed E-state index contributed by atoms with van der Waals surface area (Å²) in [4.78, 5) is 2.18. The number of hydrogen-bond donors (Lipinski definition) is 2. The number of hydrogen-bond acceptors (Lipinski definition) is 3. The lowest BCUT2D eigenvalue weighted by Gasteiger charge is -2.24. The molecule has 0 saturated heterocycles. The van der Waals surface area contributed by atoms with Crippen LogP contribution < -0.4 is 5.73 Å². The predicted molar refractivity (Wildman–Crippen MR) is 78.1 cm³/mol. The summed E-state index contributed by atoms with van der Waals surface area (Å²) in [6.45, 7) is 2.92. The number of amidine groups is 1. The van der Waals surface area contributed by atoms with Crippen LogP contribution in [0, 0.1) is 3.57 Å². The number of halogens is 1. The summed E-state index contributed by atoms with van der Waals surface area (Å²) < 4.78 is 1.23. The van der Waals surface area contributed by atoms with Gasteiger partial charge in [-0.05, 0) is 54.3 Å². The van der Waals surface area contributed by atoms with Gasteiger partial charge in [0.05, 0.1) is 0 Å². The Balaban J connectivity index is 2.53. The molecule has 0 aliphatic heterocycles. The molecular weight excluding hydrogens is 329 g/mol. The Morgan fingerprint density at radius 1 is 1.47 bits per heavy atom. The Morgan fingerprint density at radius 3 is 2.59 bits per heavy atom. The average molecular weight is 347 g/mol.